The zero-order chi connectivity index (χ0) is 16.8. The molecule has 2 heterocycles. The minimum Gasteiger partial charge on any atom is -0.359 e. The maximum Gasteiger partial charge on any atom is 0.204 e. The van der Waals surface area contributed by atoms with Gasteiger partial charge in [0.1, 0.15) is 13.3 Å². The molecule has 0 bridgehead atoms. The van der Waals surface area contributed by atoms with Gasteiger partial charge in [0.2, 0.25) is 23.8 Å². The Hall–Kier alpha value is -2.52. The van der Waals surface area contributed by atoms with Crippen LogP contribution in [0, 0.1) is 0 Å². The van der Waals surface area contributed by atoms with Crippen LogP contribution in [0.2, 0.25) is 0 Å². The van der Waals surface area contributed by atoms with Crippen LogP contribution >= 0.6 is 0 Å². The molecule has 0 fully saturated rings. The summed E-state index contributed by atoms with van der Waals surface area (Å²) in [6.45, 7) is 2.43. The number of hydrogen-bond acceptors (Lipinski definition) is 10. The fourth-order valence-electron chi connectivity index (χ4n) is 2.43. The van der Waals surface area contributed by atoms with E-state index in [4.69, 9.17) is 0 Å². The monoisotopic (exact) mass is 322 g/mol. The highest BCUT2D eigenvalue weighted by atomic mass is 15.5. The maximum absolute atomic E-state index is 4.46. The van der Waals surface area contributed by atoms with Crippen molar-refractivity contribution in [3.05, 3.63) is 0 Å². The molecule has 0 saturated heterocycles. The summed E-state index contributed by atoms with van der Waals surface area (Å²) in [5.74, 6) is 3.33. The first kappa shape index (κ1) is 16.8. The lowest BCUT2D eigenvalue weighted by atomic mass is 10.5. The van der Waals surface area contributed by atoms with Crippen molar-refractivity contribution in [1.29, 1.82) is 0 Å². The highest BCUT2D eigenvalue weighted by Crippen LogP contribution is 2.01. The van der Waals surface area contributed by atoms with Gasteiger partial charge in [-0.05, 0) is 0 Å². The number of likely N-dealkylation sites (N-methyl/N-ethyl adjacent to an activating group) is 1. The largest absolute Gasteiger partial charge is 0.359 e. The van der Waals surface area contributed by atoms with E-state index in [1.54, 1.807) is 0 Å². The van der Waals surface area contributed by atoms with Crippen LogP contribution in [0.3, 0.4) is 0 Å². The number of guanidine groups is 4. The van der Waals surface area contributed by atoms with Crippen molar-refractivity contribution >= 4 is 23.8 Å². The number of aliphatic imine (C=N–C) groups is 4. The van der Waals surface area contributed by atoms with Crippen molar-refractivity contribution in [2.75, 3.05) is 61.7 Å². The van der Waals surface area contributed by atoms with Crippen molar-refractivity contribution in [2.45, 2.75) is 0 Å². The van der Waals surface area contributed by atoms with E-state index in [-0.39, 0.29) is 0 Å². The minimum absolute atomic E-state index is 0.441. The third-order valence-corrected chi connectivity index (χ3v) is 3.65. The summed E-state index contributed by atoms with van der Waals surface area (Å²) < 4.78 is 0. The van der Waals surface area contributed by atoms with Crippen LogP contribution in [-0.2, 0) is 0 Å². The Labute approximate surface area is 137 Å². The molecule has 23 heavy (non-hydrogen) atoms. The molecular weight excluding hydrogens is 296 g/mol. The van der Waals surface area contributed by atoms with Gasteiger partial charge in [0.05, 0.1) is 0 Å². The summed E-state index contributed by atoms with van der Waals surface area (Å²) in [5.41, 5.74) is 0. The molecule has 128 valence electrons. The van der Waals surface area contributed by atoms with Gasteiger partial charge in [-0.1, -0.05) is 0 Å². The van der Waals surface area contributed by atoms with E-state index in [0.717, 1.165) is 36.9 Å². The van der Waals surface area contributed by atoms with E-state index in [0.29, 0.717) is 13.3 Å². The predicted molar refractivity (Wildman–Crippen MR) is 93.8 cm³/mol. The number of nitrogens with one attached hydrogen (secondary N) is 3. The highest BCUT2D eigenvalue weighted by molar-refractivity contribution is 6.00. The molecule has 0 atom stereocenters. The van der Waals surface area contributed by atoms with Gasteiger partial charge in [-0.15, -0.1) is 0 Å². The van der Waals surface area contributed by atoms with Crippen LogP contribution in [-0.4, -0.2) is 100 Å². The van der Waals surface area contributed by atoms with Gasteiger partial charge in [0.15, 0.2) is 0 Å². The van der Waals surface area contributed by atoms with Crippen molar-refractivity contribution in [1.82, 2.24) is 30.7 Å². The Morgan fingerprint density at radius 1 is 0.913 bits per heavy atom. The Kier molecular flexibility index (Phi) is 5.61. The number of hydrogen-bond donors (Lipinski definition) is 3. The lowest BCUT2D eigenvalue weighted by molar-refractivity contribution is 0.439. The zero-order valence-electron chi connectivity index (χ0n) is 14.5. The normalized spacial score (nSPS) is 17.8. The second-order valence-corrected chi connectivity index (χ2v) is 5.15. The molecule has 0 amide bonds. The predicted octanol–water partition coefficient (Wildman–Crippen LogP) is -1.82. The second-order valence-electron chi connectivity index (χ2n) is 5.15. The Balaban J connectivity index is 1.83. The zero-order valence-corrected chi connectivity index (χ0v) is 14.5. The van der Waals surface area contributed by atoms with Crippen LogP contribution < -0.4 is 16.0 Å². The number of nitrogens with zero attached hydrogens (tertiary/aromatic N) is 7. The van der Waals surface area contributed by atoms with Gasteiger partial charge in [0, 0.05) is 48.3 Å². The molecular formula is C13H26N10. The van der Waals surface area contributed by atoms with Crippen LogP contribution in [0.15, 0.2) is 20.0 Å². The molecule has 0 aromatic rings. The molecule has 0 aliphatic carbocycles. The molecule has 0 aromatic carbocycles. The molecule has 2 rings (SSSR count). The van der Waals surface area contributed by atoms with Crippen molar-refractivity contribution in [3.8, 4) is 0 Å². The van der Waals surface area contributed by atoms with Crippen molar-refractivity contribution < 1.29 is 0 Å². The molecule has 0 aromatic heterocycles. The summed E-state index contributed by atoms with van der Waals surface area (Å²) in [4.78, 5) is 23.3. The Morgan fingerprint density at radius 3 is 2.13 bits per heavy atom. The van der Waals surface area contributed by atoms with E-state index in [1.807, 2.05) is 45.0 Å². The molecule has 2 aliphatic rings. The molecule has 10 nitrogen and oxygen atoms in total. The topological polar surface area (TPSA) is 95.2 Å². The first-order chi connectivity index (χ1) is 11.1. The molecule has 0 spiro atoms. The summed E-state index contributed by atoms with van der Waals surface area (Å²) >= 11 is 0. The summed E-state index contributed by atoms with van der Waals surface area (Å²) in [6.07, 6.45) is 0. The lowest BCUT2D eigenvalue weighted by Gasteiger charge is -2.32. The third-order valence-electron chi connectivity index (χ3n) is 3.65. The highest BCUT2D eigenvalue weighted by Gasteiger charge is 2.19. The first-order valence-electron chi connectivity index (χ1n) is 7.54. The molecule has 0 radical (unpaired) electrons. The summed E-state index contributed by atoms with van der Waals surface area (Å²) in [7, 11) is 9.61. The smallest absolute Gasteiger partial charge is 0.204 e. The standard InChI is InChI=1S/C13H26N10/c1-14-10-17-8-19-12(22(10)4)16-6-7-21(3)13-20-9-18-11(15-2)23(13)5/h6-9H2,1-5H3,(H,14,17)(H,15,18)(H,16,19). The molecule has 2 aliphatic heterocycles. The summed E-state index contributed by atoms with van der Waals surface area (Å²) in [6, 6.07) is 0. The lowest BCUT2D eigenvalue weighted by Crippen LogP contribution is -2.53. The average Bonchev–Trinajstić information content (AvgIpc) is 2.56. The Morgan fingerprint density at radius 2 is 1.48 bits per heavy atom. The van der Waals surface area contributed by atoms with Gasteiger partial charge in [-0.25, -0.2) is 20.0 Å². The van der Waals surface area contributed by atoms with E-state index in [1.165, 1.54) is 0 Å². The van der Waals surface area contributed by atoms with E-state index in [9.17, 15) is 0 Å². The van der Waals surface area contributed by atoms with E-state index < -0.39 is 0 Å². The van der Waals surface area contributed by atoms with Crippen molar-refractivity contribution in [3.63, 3.8) is 0 Å². The molecule has 0 saturated carbocycles. The maximum atomic E-state index is 4.46. The molecule has 10 heteroatoms. The third kappa shape index (κ3) is 3.82. The van der Waals surface area contributed by atoms with Crippen LogP contribution in [0.1, 0.15) is 0 Å². The number of rotatable bonds is 3. The van der Waals surface area contributed by atoms with Gasteiger partial charge in [-0.3, -0.25) is 9.80 Å². The SMILES string of the molecule is CNC1=NCN=C(NCCN(C)C2=NCN=C(NC)N2C)N1C. The van der Waals surface area contributed by atoms with Crippen molar-refractivity contribution in [2.24, 2.45) is 20.0 Å². The van der Waals surface area contributed by atoms with Gasteiger partial charge < -0.3 is 20.9 Å². The van der Waals surface area contributed by atoms with E-state index in [2.05, 4.69) is 40.8 Å². The van der Waals surface area contributed by atoms with Crippen LogP contribution in [0.25, 0.3) is 0 Å². The fourth-order valence-corrected chi connectivity index (χ4v) is 2.43. The van der Waals surface area contributed by atoms with Crippen LogP contribution in [0.4, 0.5) is 0 Å². The first-order valence-corrected chi connectivity index (χ1v) is 7.54. The fraction of sp³-hybridized carbons (Fsp3) is 0.692. The second kappa shape index (κ2) is 7.65. The minimum atomic E-state index is 0.441. The average molecular weight is 322 g/mol. The van der Waals surface area contributed by atoms with Crippen LogP contribution in [0.5, 0.6) is 0 Å². The van der Waals surface area contributed by atoms with Gasteiger partial charge in [-0.2, -0.15) is 0 Å². The Bertz CT molecular complexity index is 535. The van der Waals surface area contributed by atoms with Gasteiger partial charge in [0.25, 0.3) is 0 Å². The summed E-state index contributed by atoms with van der Waals surface area (Å²) in [5, 5.41) is 9.46. The quantitative estimate of drug-likeness (QED) is 0.566. The van der Waals surface area contributed by atoms with E-state index >= 15 is 0 Å². The molecule has 3 N–H and O–H groups in total. The van der Waals surface area contributed by atoms with Gasteiger partial charge >= 0.3 is 0 Å². The molecule has 0 unspecified atom stereocenters.